The Morgan fingerprint density at radius 2 is 1.15 bits per heavy atom. The van der Waals surface area contributed by atoms with E-state index in [0.717, 1.165) is 24.3 Å². The number of phenols is 2. The van der Waals surface area contributed by atoms with Crippen molar-refractivity contribution in [2.45, 2.75) is 33.6 Å². The topological polar surface area (TPSA) is 118 Å². The fourth-order valence-corrected chi connectivity index (χ4v) is 4.32. The molecule has 0 aromatic heterocycles. The Bertz CT molecular complexity index is 1160. The van der Waals surface area contributed by atoms with Crippen LogP contribution in [0.25, 0.3) is 0 Å². The number of carbonyl (C=O) groups is 2. The first kappa shape index (κ1) is 24.6. The number of aromatic carboxylic acids is 2. The maximum Gasteiger partial charge on any atom is 0.339 e. The molecule has 178 valence electrons. The first-order valence-electron chi connectivity index (χ1n) is 11.1. The van der Waals surface area contributed by atoms with Gasteiger partial charge in [0.25, 0.3) is 0 Å². The predicted octanol–water partition coefficient (Wildman–Crippen LogP) is 5.14. The number of anilines is 1. The lowest BCUT2D eigenvalue weighted by Gasteiger charge is -2.24. The van der Waals surface area contributed by atoms with Crippen molar-refractivity contribution in [1.29, 1.82) is 0 Å². The van der Waals surface area contributed by atoms with Gasteiger partial charge in [0.2, 0.25) is 0 Å². The highest BCUT2D eigenvalue weighted by Crippen LogP contribution is 2.39. The van der Waals surface area contributed by atoms with E-state index in [9.17, 15) is 30.0 Å². The van der Waals surface area contributed by atoms with E-state index in [1.54, 1.807) is 26.0 Å². The minimum Gasteiger partial charge on any atom is -0.507 e. The third-order valence-corrected chi connectivity index (χ3v) is 6.13. The molecule has 34 heavy (non-hydrogen) atoms. The second kappa shape index (κ2) is 9.87. The summed E-state index contributed by atoms with van der Waals surface area (Å²) in [6.07, 6.45) is 0. The third-order valence-electron chi connectivity index (χ3n) is 6.13. The van der Waals surface area contributed by atoms with Crippen molar-refractivity contribution >= 4 is 17.6 Å². The molecule has 0 bridgehead atoms. The van der Waals surface area contributed by atoms with Gasteiger partial charge in [-0.3, -0.25) is 0 Å². The Morgan fingerprint density at radius 3 is 1.50 bits per heavy atom. The SMILES string of the molecule is CCN(CC)c1ccc(C(c2cc(C)c(O)c(C(=O)O)c2)c2cc(C)c(O)c(C(=O)O)c2)cc1. The Kier molecular flexibility index (Phi) is 7.15. The van der Waals surface area contributed by atoms with Crippen molar-refractivity contribution in [3.05, 3.63) is 87.5 Å². The lowest BCUT2D eigenvalue weighted by Crippen LogP contribution is -2.21. The standard InChI is InChI=1S/C27H29NO6/c1-5-28(6-2)20-9-7-17(8-10-20)23(18-11-15(3)24(29)21(13-18)26(31)32)19-12-16(4)25(30)22(14-19)27(33)34/h7-14,23,29-30H,5-6H2,1-4H3,(H,31,32)(H,33,34). The second-order valence-corrected chi connectivity index (χ2v) is 8.28. The number of nitrogens with zero attached hydrogens (tertiary/aromatic N) is 1. The van der Waals surface area contributed by atoms with Gasteiger partial charge in [0.05, 0.1) is 0 Å². The van der Waals surface area contributed by atoms with Crippen LogP contribution in [0, 0.1) is 13.8 Å². The van der Waals surface area contributed by atoms with E-state index in [2.05, 4.69) is 18.7 Å². The maximum atomic E-state index is 11.8. The lowest BCUT2D eigenvalue weighted by molar-refractivity contribution is 0.0682. The van der Waals surface area contributed by atoms with Gasteiger partial charge in [0, 0.05) is 24.7 Å². The molecular weight excluding hydrogens is 434 g/mol. The normalized spacial score (nSPS) is 11.0. The first-order valence-corrected chi connectivity index (χ1v) is 11.1. The van der Waals surface area contributed by atoms with Gasteiger partial charge in [-0.25, -0.2) is 9.59 Å². The van der Waals surface area contributed by atoms with Crippen molar-refractivity contribution in [3.63, 3.8) is 0 Å². The lowest BCUT2D eigenvalue weighted by atomic mass is 9.82. The van der Waals surface area contributed by atoms with Crippen LogP contribution in [0.2, 0.25) is 0 Å². The number of aromatic hydroxyl groups is 2. The zero-order valence-electron chi connectivity index (χ0n) is 19.7. The van der Waals surface area contributed by atoms with Crippen LogP contribution in [0.4, 0.5) is 5.69 Å². The van der Waals surface area contributed by atoms with Crippen LogP contribution in [-0.2, 0) is 0 Å². The summed E-state index contributed by atoms with van der Waals surface area (Å²) in [6.45, 7) is 9.07. The van der Waals surface area contributed by atoms with Crippen molar-refractivity contribution < 1.29 is 30.0 Å². The van der Waals surface area contributed by atoms with E-state index >= 15 is 0 Å². The Hall–Kier alpha value is -4.00. The molecular formula is C27H29NO6. The van der Waals surface area contributed by atoms with Gasteiger partial charge in [-0.1, -0.05) is 24.3 Å². The molecule has 7 nitrogen and oxygen atoms in total. The molecule has 0 fully saturated rings. The maximum absolute atomic E-state index is 11.8. The average molecular weight is 464 g/mol. The van der Waals surface area contributed by atoms with E-state index in [0.29, 0.717) is 22.3 Å². The molecule has 0 atom stereocenters. The van der Waals surface area contributed by atoms with Gasteiger partial charge in [0.1, 0.15) is 22.6 Å². The van der Waals surface area contributed by atoms with Crippen LogP contribution < -0.4 is 4.90 Å². The Balaban J connectivity index is 2.28. The van der Waals surface area contributed by atoms with Crippen LogP contribution in [0.3, 0.4) is 0 Å². The summed E-state index contributed by atoms with van der Waals surface area (Å²) in [5, 5.41) is 39.8. The molecule has 0 aliphatic rings. The molecule has 0 spiro atoms. The Morgan fingerprint density at radius 1 is 0.735 bits per heavy atom. The number of hydrogen-bond donors (Lipinski definition) is 4. The summed E-state index contributed by atoms with van der Waals surface area (Å²) in [5.41, 5.74) is 3.37. The van der Waals surface area contributed by atoms with Gasteiger partial charge in [0.15, 0.2) is 0 Å². The van der Waals surface area contributed by atoms with Gasteiger partial charge in [-0.15, -0.1) is 0 Å². The largest absolute Gasteiger partial charge is 0.507 e. The second-order valence-electron chi connectivity index (χ2n) is 8.28. The highest BCUT2D eigenvalue weighted by molar-refractivity contribution is 5.92. The molecule has 0 heterocycles. The molecule has 0 saturated heterocycles. The Labute approximate surface area is 198 Å². The molecule has 0 aliphatic carbocycles. The molecule has 0 saturated carbocycles. The molecule has 3 rings (SSSR count). The smallest absolute Gasteiger partial charge is 0.339 e. The van der Waals surface area contributed by atoms with E-state index in [1.807, 2.05) is 24.3 Å². The summed E-state index contributed by atoms with van der Waals surface area (Å²) in [4.78, 5) is 25.7. The van der Waals surface area contributed by atoms with Crippen molar-refractivity contribution in [2.24, 2.45) is 0 Å². The first-order chi connectivity index (χ1) is 16.1. The van der Waals surface area contributed by atoms with Crippen LogP contribution in [0.1, 0.15) is 68.3 Å². The summed E-state index contributed by atoms with van der Waals surface area (Å²) in [6, 6.07) is 14.1. The predicted molar refractivity (Wildman–Crippen MR) is 131 cm³/mol. The molecule has 7 heteroatoms. The average Bonchev–Trinajstić information content (AvgIpc) is 2.79. The molecule has 0 radical (unpaired) electrons. The fourth-order valence-electron chi connectivity index (χ4n) is 4.32. The van der Waals surface area contributed by atoms with E-state index < -0.39 is 17.9 Å². The van der Waals surface area contributed by atoms with Crippen LogP contribution in [-0.4, -0.2) is 45.5 Å². The molecule has 0 aliphatic heterocycles. The van der Waals surface area contributed by atoms with Crippen LogP contribution in [0.15, 0.2) is 48.5 Å². The van der Waals surface area contributed by atoms with Gasteiger partial charge in [-0.2, -0.15) is 0 Å². The van der Waals surface area contributed by atoms with Gasteiger partial charge < -0.3 is 25.3 Å². The zero-order valence-corrected chi connectivity index (χ0v) is 19.7. The zero-order chi connectivity index (χ0) is 25.2. The van der Waals surface area contributed by atoms with Crippen molar-refractivity contribution in [1.82, 2.24) is 0 Å². The van der Waals surface area contributed by atoms with Gasteiger partial charge >= 0.3 is 11.9 Å². The van der Waals surface area contributed by atoms with Crippen LogP contribution >= 0.6 is 0 Å². The number of benzene rings is 3. The highest BCUT2D eigenvalue weighted by Gasteiger charge is 2.24. The highest BCUT2D eigenvalue weighted by atomic mass is 16.4. The van der Waals surface area contributed by atoms with Crippen LogP contribution in [0.5, 0.6) is 11.5 Å². The monoisotopic (exact) mass is 463 g/mol. The molecule has 0 amide bonds. The minimum atomic E-state index is -1.26. The molecule has 3 aromatic rings. The minimum absolute atomic E-state index is 0.228. The number of carboxylic acid groups (broad SMARTS) is 2. The van der Waals surface area contributed by atoms with E-state index in [-0.39, 0.29) is 22.6 Å². The van der Waals surface area contributed by atoms with E-state index in [1.165, 1.54) is 12.1 Å². The summed E-state index contributed by atoms with van der Waals surface area (Å²) in [7, 11) is 0. The summed E-state index contributed by atoms with van der Waals surface area (Å²) < 4.78 is 0. The van der Waals surface area contributed by atoms with E-state index in [4.69, 9.17) is 0 Å². The fraction of sp³-hybridized carbons (Fsp3) is 0.259. The van der Waals surface area contributed by atoms with Gasteiger partial charge in [-0.05, 0) is 79.8 Å². The number of rotatable bonds is 8. The summed E-state index contributed by atoms with van der Waals surface area (Å²) in [5.74, 6) is -3.65. The number of carboxylic acids is 2. The molecule has 4 N–H and O–H groups in total. The third kappa shape index (κ3) is 4.69. The molecule has 3 aromatic carbocycles. The molecule has 0 unspecified atom stereocenters. The summed E-state index contributed by atoms with van der Waals surface area (Å²) >= 11 is 0. The quantitative estimate of drug-likeness (QED) is 0.342. The number of aryl methyl sites for hydroxylation is 2. The van der Waals surface area contributed by atoms with Crippen molar-refractivity contribution in [3.8, 4) is 11.5 Å². The number of hydrogen-bond acceptors (Lipinski definition) is 5. The van der Waals surface area contributed by atoms with Crippen molar-refractivity contribution in [2.75, 3.05) is 18.0 Å².